The number of anilines is 1. The summed E-state index contributed by atoms with van der Waals surface area (Å²) in [4.78, 5) is 36.8. The Labute approximate surface area is 142 Å². The van der Waals surface area contributed by atoms with E-state index in [1.165, 1.54) is 17.9 Å². The van der Waals surface area contributed by atoms with Crippen LogP contribution in [0.25, 0.3) is 0 Å². The number of rotatable bonds is 2. The number of likely N-dealkylation sites (tertiary alicyclic amines) is 1. The molecule has 2 fully saturated rings. The third kappa shape index (κ3) is 2.44. The van der Waals surface area contributed by atoms with Crippen LogP contribution in [-0.2, 0) is 4.79 Å². The first-order valence-corrected chi connectivity index (χ1v) is 8.67. The average Bonchev–Trinajstić information content (AvgIpc) is 3.26. The van der Waals surface area contributed by atoms with Gasteiger partial charge in [0.2, 0.25) is 5.91 Å². The monoisotopic (exact) mass is 344 g/mol. The van der Waals surface area contributed by atoms with Gasteiger partial charge in [0.25, 0.3) is 5.91 Å². The standard InChI is InChI=1S/C15H16N6O2S/c22-13(12-9-24-19-18-12)20-4-1-15(2-5-20)3-6-21(14(15)23)11-7-16-10-17-8-11/h7-10H,1-6H2. The van der Waals surface area contributed by atoms with Crippen LogP contribution in [0.5, 0.6) is 0 Å². The van der Waals surface area contributed by atoms with E-state index in [1.54, 1.807) is 27.6 Å². The minimum atomic E-state index is -0.368. The van der Waals surface area contributed by atoms with Gasteiger partial charge in [-0.05, 0) is 30.8 Å². The Morgan fingerprint density at radius 1 is 1.12 bits per heavy atom. The molecule has 4 heterocycles. The molecule has 9 heteroatoms. The number of piperidine rings is 1. The summed E-state index contributed by atoms with van der Waals surface area (Å²) in [5.74, 6) is 0.0251. The summed E-state index contributed by atoms with van der Waals surface area (Å²) in [6, 6.07) is 0. The van der Waals surface area contributed by atoms with Gasteiger partial charge in [0, 0.05) is 25.0 Å². The molecule has 0 radical (unpaired) electrons. The number of nitrogens with zero attached hydrogens (tertiary/aromatic N) is 6. The van der Waals surface area contributed by atoms with Gasteiger partial charge in [0.1, 0.15) is 6.33 Å². The Morgan fingerprint density at radius 3 is 2.50 bits per heavy atom. The van der Waals surface area contributed by atoms with Crippen LogP contribution >= 0.6 is 11.5 Å². The lowest BCUT2D eigenvalue weighted by Gasteiger charge is -2.37. The van der Waals surface area contributed by atoms with Crippen LogP contribution < -0.4 is 4.90 Å². The lowest BCUT2D eigenvalue weighted by molar-refractivity contribution is -0.127. The van der Waals surface area contributed by atoms with Crippen molar-refractivity contribution >= 4 is 29.0 Å². The first-order valence-electron chi connectivity index (χ1n) is 7.83. The summed E-state index contributed by atoms with van der Waals surface area (Å²) < 4.78 is 3.74. The lowest BCUT2D eigenvalue weighted by Crippen LogP contribution is -2.46. The van der Waals surface area contributed by atoms with Gasteiger partial charge in [-0.3, -0.25) is 9.59 Å². The number of aromatic nitrogens is 4. The minimum Gasteiger partial charge on any atom is -0.337 e. The third-order valence-electron chi connectivity index (χ3n) is 4.96. The molecule has 2 saturated heterocycles. The van der Waals surface area contributed by atoms with E-state index in [4.69, 9.17) is 0 Å². The van der Waals surface area contributed by atoms with Crippen molar-refractivity contribution < 1.29 is 9.59 Å². The zero-order valence-electron chi connectivity index (χ0n) is 13.0. The number of amides is 2. The SMILES string of the molecule is O=C(c1csnn1)N1CCC2(CC1)CCN(c1cncnc1)C2=O. The second-order valence-corrected chi connectivity index (χ2v) is 6.78. The topological polar surface area (TPSA) is 92.2 Å². The molecule has 0 aromatic carbocycles. The number of carbonyl (C=O) groups is 2. The van der Waals surface area contributed by atoms with Crippen molar-refractivity contribution in [3.63, 3.8) is 0 Å². The Morgan fingerprint density at radius 2 is 1.83 bits per heavy atom. The molecule has 0 saturated carbocycles. The van der Waals surface area contributed by atoms with Gasteiger partial charge >= 0.3 is 0 Å². The normalized spacial score (nSPS) is 19.9. The molecule has 2 aromatic rings. The predicted molar refractivity (Wildman–Crippen MR) is 86.5 cm³/mol. The summed E-state index contributed by atoms with van der Waals surface area (Å²) in [7, 11) is 0. The zero-order chi connectivity index (χ0) is 16.6. The summed E-state index contributed by atoms with van der Waals surface area (Å²) >= 11 is 1.17. The maximum absolute atomic E-state index is 12.9. The molecular weight excluding hydrogens is 328 g/mol. The van der Waals surface area contributed by atoms with Gasteiger partial charge in [-0.15, -0.1) is 5.10 Å². The quantitative estimate of drug-likeness (QED) is 0.807. The van der Waals surface area contributed by atoms with Crippen molar-refractivity contribution in [2.45, 2.75) is 19.3 Å². The van der Waals surface area contributed by atoms with E-state index in [0.29, 0.717) is 38.2 Å². The van der Waals surface area contributed by atoms with Crippen molar-refractivity contribution in [2.24, 2.45) is 5.41 Å². The second-order valence-electron chi connectivity index (χ2n) is 6.17. The summed E-state index contributed by atoms with van der Waals surface area (Å²) in [6.45, 7) is 1.82. The van der Waals surface area contributed by atoms with Crippen LogP contribution in [0.2, 0.25) is 0 Å². The van der Waals surface area contributed by atoms with E-state index < -0.39 is 0 Å². The minimum absolute atomic E-state index is 0.0997. The third-order valence-corrected chi connectivity index (χ3v) is 5.46. The van der Waals surface area contributed by atoms with Gasteiger partial charge in [-0.2, -0.15) is 0 Å². The molecule has 4 rings (SSSR count). The highest BCUT2D eigenvalue weighted by Gasteiger charge is 2.49. The molecule has 24 heavy (non-hydrogen) atoms. The number of hydrogen-bond donors (Lipinski definition) is 0. The maximum Gasteiger partial charge on any atom is 0.275 e. The van der Waals surface area contributed by atoms with Crippen molar-refractivity contribution in [3.05, 3.63) is 29.8 Å². The molecule has 2 aliphatic rings. The van der Waals surface area contributed by atoms with E-state index in [9.17, 15) is 9.59 Å². The number of carbonyl (C=O) groups excluding carboxylic acids is 2. The molecule has 2 aromatic heterocycles. The summed E-state index contributed by atoms with van der Waals surface area (Å²) in [5, 5.41) is 5.49. The first-order chi connectivity index (χ1) is 11.7. The fourth-order valence-corrected chi connectivity index (χ4v) is 3.95. The molecule has 0 aliphatic carbocycles. The average molecular weight is 344 g/mol. The van der Waals surface area contributed by atoms with Crippen LogP contribution in [0.4, 0.5) is 5.69 Å². The molecular formula is C15H16N6O2S. The van der Waals surface area contributed by atoms with Gasteiger partial charge in [0.15, 0.2) is 5.69 Å². The van der Waals surface area contributed by atoms with Gasteiger partial charge < -0.3 is 9.80 Å². The Bertz CT molecular complexity index is 743. The van der Waals surface area contributed by atoms with Crippen molar-refractivity contribution in [3.8, 4) is 0 Å². The Hall–Kier alpha value is -2.42. The van der Waals surface area contributed by atoms with Crippen LogP contribution in [0, 0.1) is 5.41 Å². The summed E-state index contributed by atoms with van der Waals surface area (Å²) in [6.07, 6.45) is 6.95. The molecule has 124 valence electrons. The van der Waals surface area contributed by atoms with Crippen LogP contribution in [0.15, 0.2) is 24.1 Å². The van der Waals surface area contributed by atoms with E-state index in [2.05, 4.69) is 19.6 Å². The first kappa shape index (κ1) is 15.1. The van der Waals surface area contributed by atoms with E-state index in [-0.39, 0.29) is 17.2 Å². The molecule has 2 amide bonds. The van der Waals surface area contributed by atoms with Crippen molar-refractivity contribution in [1.82, 2.24) is 24.5 Å². The highest BCUT2D eigenvalue weighted by Crippen LogP contribution is 2.43. The van der Waals surface area contributed by atoms with Crippen molar-refractivity contribution in [1.29, 1.82) is 0 Å². The largest absolute Gasteiger partial charge is 0.337 e. The van der Waals surface area contributed by atoms with Gasteiger partial charge in [-0.25, -0.2) is 9.97 Å². The molecule has 2 aliphatic heterocycles. The highest BCUT2D eigenvalue weighted by molar-refractivity contribution is 7.03. The van der Waals surface area contributed by atoms with Gasteiger partial charge in [0.05, 0.1) is 23.5 Å². The lowest BCUT2D eigenvalue weighted by atomic mass is 9.77. The van der Waals surface area contributed by atoms with Crippen LogP contribution in [-0.4, -0.2) is 55.9 Å². The Balaban J connectivity index is 1.45. The molecule has 0 bridgehead atoms. The predicted octanol–water partition coefficient (Wildman–Crippen LogP) is 0.987. The van der Waals surface area contributed by atoms with Crippen LogP contribution in [0.1, 0.15) is 29.8 Å². The Kier molecular flexibility index (Phi) is 3.72. The van der Waals surface area contributed by atoms with Crippen LogP contribution in [0.3, 0.4) is 0 Å². The van der Waals surface area contributed by atoms with E-state index in [0.717, 1.165) is 12.1 Å². The zero-order valence-corrected chi connectivity index (χ0v) is 13.8. The molecule has 1 spiro atoms. The molecule has 0 atom stereocenters. The number of hydrogen-bond acceptors (Lipinski definition) is 7. The fraction of sp³-hybridized carbons (Fsp3) is 0.467. The van der Waals surface area contributed by atoms with E-state index >= 15 is 0 Å². The molecule has 0 N–H and O–H groups in total. The maximum atomic E-state index is 12.9. The van der Waals surface area contributed by atoms with E-state index in [1.807, 2.05) is 0 Å². The van der Waals surface area contributed by atoms with Crippen molar-refractivity contribution in [2.75, 3.05) is 24.5 Å². The summed E-state index contributed by atoms with van der Waals surface area (Å²) in [5.41, 5.74) is 0.760. The molecule has 8 nitrogen and oxygen atoms in total. The molecule has 0 unspecified atom stereocenters. The second kappa shape index (κ2) is 5.90. The highest BCUT2D eigenvalue weighted by atomic mass is 32.1. The smallest absolute Gasteiger partial charge is 0.275 e. The van der Waals surface area contributed by atoms with Gasteiger partial charge in [-0.1, -0.05) is 4.49 Å². The fourth-order valence-electron chi connectivity index (χ4n) is 3.52.